The van der Waals surface area contributed by atoms with E-state index in [0.717, 1.165) is 12.1 Å². The lowest BCUT2D eigenvalue weighted by Crippen LogP contribution is -1.97. The number of rotatable bonds is 1. The Bertz CT molecular complexity index is 781. The number of anilines is 1. The number of nitrogens with zero attached hydrogens (tertiary/aromatic N) is 4. The zero-order valence-electron chi connectivity index (χ0n) is 9.93. The fourth-order valence-corrected chi connectivity index (χ4v) is 1.91. The van der Waals surface area contributed by atoms with Crippen molar-refractivity contribution < 1.29 is 8.78 Å². The zero-order chi connectivity index (χ0) is 13.6. The SMILES string of the molecule is Cn1nc(-c2ccc(F)c(F)c2)c2cnc(N)nc21. The molecule has 0 spiro atoms. The highest BCUT2D eigenvalue weighted by Gasteiger charge is 2.14. The predicted molar refractivity (Wildman–Crippen MR) is 66.1 cm³/mol. The van der Waals surface area contributed by atoms with Gasteiger partial charge in [0.05, 0.1) is 5.39 Å². The van der Waals surface area contributed by atoms with Gasteiger partial charge in [-0.3, -0.25) is 0 Å². The molecule has 19 heavy (non-hydrogen) atoms. The number of hydrogen-bond donors (Lipinski definition) is 1. The zero-order valence-corrected chi connectivity index (χ0v) is 9.93. The third-order valence-electron chi connectivity index (χ3n) is 2.79. The Morgan fingerprint density at radius 2 is 2.00 bits per heavy atom. The quantitative estimate of drug-likeness (QED) is 0.726. The van der Waals surface area contributed by atoms with Crippen LogP contribution in [-0.2, 0) is 7.05 Å². The molecule has 1 aromatic carbocycles. The van der Waals surface area contributed by atoms with Crippen LogP contribution >= 0.6 is 0 Å². The van der Waals surface area contributed by atoms with Crippen LogP contribution in [0.3, 0.4) is 0 Å². The summed E-state index contributed by atoms with van der Waals surface area (Å²) in [7, 11) is 1.69. The lowest BCUT2D eigenvalue weighted by atomic mass is 10.1. The number of benzene rings is 1. The van der Waals surface area contributed by atoms with E-state index in [1.165, 1.54) is 16.9 Å². The topological polar surface area (TPSA) is 69.6 Å². The first-order chi connectivity index (χ1) is 9.06. The second-order valence-corrected chi connectivity index (χ2v) is 4.07. The van der Waals surface area contributed by atoms with Crippen LogP contribution in [0.2, 0.25) is 0 Å². The number of fused-ring (bicyclic) bond motifs is 1. The number of hydrogen-bond acceptors (Lipinski definition) is 4. The Morgan fingerprint density at radius 1 is 1.21 bits per heavy atom. The molecule has 5 nitrogen and oxygen atoms in total. The van der Waals surface area contributed by atoms with Crippen LogP contribution in [0, 0.1) is 11.6 Å². The third-order valence-corrected chi connectivity index (χ3v) is 2.79. The molecule has 0 saturated heterocycles. The number of nitrogens with two attached hydrogens (primary N) is 1. The van der Waals surface area contributed by atoms with Crippen LogP contribution in [-0.4, -0.2) is 19.7 Å². The first-order valence-electron chi connectivity index (χ1n) is 5.47. The molecule has 0 radical (unpaired) electrons. The van der Waals surface area contributed by atoms with Gasteiger partial charge in [0.15, 0.2) is 17.3 Å². The fraction of sp³-hybridized carbons (Fsp3) is 0.0833. The number of halogens is 2. The van der Waals surface area contributed by atoms with Crippen LogP contribution < -0.4 is 5.73 Å². The maximum atomic E-state index is 13.3. The predicted octanol–water partition coefficient (Wildman–Crippen LogP) is 1.89. The molecule has 3 rings (SSSR count). The van der Waals surface area contributed by atoms with Gasteiger partial charge in [0.1, 0.15) is 5.69 Å². The third kappa shape index (κ3) is 1.79. The lowest BCUT2D eigenvalue weighted by molar-refractivity contribution is 0.509. The molecule has 7 heteroatoms. The molecule has 96 valence electrons. The molecule has 0 amide bonds. The minimum absolute atomic E-state index is 0.132. The van der Waals surface area contributed by atoms with Gasteiger partial charge in [-0.15, -0.1) is 0 Å². The van der Waals surface area contributed by atoms with Crippen LogP contribution in [0.5, 0.6) is 0 Å². The molecule has 0 aliphatic rings. The van der Waals surface area contributed by atoms with E-state index in [1.807, 2.05) is 0 Å². The summed E-state index contributed by atoms with van der Waals surface area (Å²) in [5, 5.41) is 4.87. The van der Waals surface area contributed by atoms with Gasteiger partial charge in [0.2, 0.25) is 5.95 Å². The summed E-state index contributed by atoms with van der Waals surface area (Å²) in [5.41, 5.74) is 6.99. The maximum absolute atomic E-state index is 13.3. The molecule has 0 bridgehead atoms. The van der Waals surface area contributed by atoms with Gasteiger partial charge < -0.3 is 5.73 Å². The molecule has 0 unspecified atom stereocenters. The van der Waals surface area contributed by atoms with Gasteiger partial charge in [-0.05, 0) is 18.2 Å². The maximum Gasteiger partial charge on any atom is 0.222 e. The molecule has 2 heterocycles. The second-order valence-electron chi connectivity index (χ2n) is 4.07. The summed E-state index contributed by atoms with van der Waals surface area (Å²) < 4.78 is 27.7. The monoisotopic (exact) mass is 261 g/mol. The van der Waals surface area contributed by atoms with Crippen LogP contribution in [0.25, 0.3) is 22.3 Å². The number of nitrogen functional groups attached to an aromatic ring is 1. The van der Waals surface area contributed by atoms with E-state index in [2.05, 4.69) is 15.1 Å². The second kappa shape index (κ2) is 3.98. The van der Waals surface area contributed by atoms with Gasteiger partial charge >= 0.3 is 0 Å². The van der Waals surface area contributed by atoms with Crippen molar-refractivity contribution >= 4 is 17.0 Å². The highest BCUT2D eigenvalue weighted by molar-refractivity contribution is 5.90. The Morgan fingerprint density at radius 3 is 2.74 bits per heavy atom. The Labute approximate surface area is 106 Å². The van der Waals surface area contributed by atoms with Crippen molar-refractivity contribution in [3.63, 3.8) is 0 Å². The summed E-state index contributed by atoms with van der Waals surface area (Å²) in [6.45, 7) is 0. The minimum atomic E-state index is -0.923. The van der Waals surface area contributed by atoms with Crippen molar-refractivity contribution in [1.29, 1.82) is 0 Å². The molecular formula is C12H9F2N5. The van der Waals surface area contributed by atoms with E-state index >= 15 is 0 Å². The first-order valence-corrected chi connectivity index (χ1v) is 5.47. The fourth-order valence-electron chi connectivity index (χ4n) is 1.91. The van der Waals surface area contributed by atoms with Gasteiger partial charge in [-0.1, -0.05) is 0 Å². The standard InChI is InChI=1S/C12H9F2N5/c1-19-11-7(5-16-12(15)17-11)10(18-19)6-2-3-8(13)9(14)4-6/h2-5H,1H3,(H2,15,16,17). The Balaban J connectivity index is 2.28. The lowest BCUT2D eigenvalue weighted by Gasteiger charge is -1.99. The van der Waals surface area contributed by atoms with Crippen molar-refractivity contribution in [2.45, 2.75) is 0 Å². The highest BCUT2D eigenvalue weighted by atomic mass is 19.2. The van der Waals surface area contributed by atoms with E-state index in [-0.39, 0.29) is 5.95 Å². The molecule has 0 saturated carbocycles. The van der Waals surface area contributed by atoms with E-state index < -0.39 is 11.6 Å². The summed E-state index contributed by atoms with van der Waals surface area (Å²) in [6, 6.07) is 3.60. The average molecular weight is 261 g/mol. The molecule has 2 aromatic heterocycles. The molecule has 2 N–H and O–H groups in total. The molecular weight excluding hydrogens is 252 g/mol. The van der Waals surface area contributed by atoms with Crippen molar-refractivity contribution in [2.24, 2.45) is 7.05 Å². The highest BCUT2D eigenvalue weighted by Crippen LogP contribution is 2.27. The van der Waals surface area contributed by atoms with Gasteiger partial charge in [0.25, 0.3) is 0 Å². The molecule has 0 aliphatic heterocycles. The smallest absolute Gasteiger partial charge is 0.222 e. The van der Waals surface area contributed by atoms with Crippen LogP contribution in [0.15, 0.2) is 24.4 Å². The average Bonchev–Trinajstić information content (AvgIpc) is 2.70. The van der Waals surface area contributed by atoms with E-state index in [1.54, 1.807) is 7.05 Å². The molecule has 3 aromatic rings. The summed E-state index contributed by atoms with van der Waals surface area (Å²) >= 11 is 0. The van der Waals surface area contributed by atoms with Crippen molar-refractivity contribution in [1.82, 2.24) is 19.7 Å². The normalized spacial score (nSPS) is 11.1. The number of aryl methyl sites for hydroxylation is 1. The summed E-state index contributed by atoms with van der Waals surface area (Å²) in [4.78, 5) is 7.95. The van der Waals surface area contributed by atoms with Gasteiger partial charge in [-0.2, -0.15) is 10.1 Å². The van der Waals surface area contributed by atoms with Crippen molar-refractivity contribution in [3.05, 3.63) is 36.0 Å². The molecule has 0 aliphatic carbocycles. The Hall–Kier alpha value is -2.57. The van der Waals surface area contributed by atoms with E-state index in [4.69, 9.17) is 5.73 Å². The summed E-state index contributed by atoms with van der Waals surface area (Å²) in [6.07, 6.45) is 1.52. The minimum Gasteiger partial charge on any atom is -0.368 e. The van der Waals surface area contributed by atoms with E-state index in [9.17, 15) is 8.78 Å². The van der Waals surface area contributed by atoms with Crippen LogP contribution in [0.1, 0.15) is 0 Å². The van der Waals surface area contributed by atoms with Crippen LogP contribution in [0.4, 0.5) is 14.7 Å². The largest absolute Gasteiger partial charge is 0.368 e. The van der Waals surface area contributed by atoms with Crippen molar-refractivity contribution in [3.8, 4) is 11.3 Å². The molecule has 0 atom stereocenters. The molecule has 0 fully saturated rings. The van der Waals surface area contributed by atoms with E-state index in [0.29, 0.717) is 22.3 Å². The van der Waals surface area contributed by atoms with Crippen molar-refractivity contribution in [2.75, 3.05) is 5.73 Å². The Kier molecular flexibility index (Phi) is 2.41. The first kappa shape index (κ1) is 11.5. The number of aromatic nitrogens is 4. The van der Waals surface area contributed by atoms with Gasteiger partial charge in [-0.25, -0.2) is 18.4 Å². The van der Waals surface area contributed by atoms with Gasteiger partial charge in [0, 0.05) is 18.8 Å². The summed E-state index contributed by atoms with van der Waals surface area (Å²) in [5.74, 6) is -1.69.